The van der Waals surface area contributed by atoms with Gasteiger partial charge in [-0.3, -0.25) is 4.79 Å². The van der Waals surface area contributed by atoms with Gasteiger partial charge in [0.25, 0.3) is 15.9 Å². The van der Waals surface area contributed by atoms with Crippen LogP contribution < -0.4 is 14.4 Å². The van der Waals surface area contributed by atoms with Crippen LogP contribution in [0.15, 0.2) is 53.6 Å². The molecule has 2 aromatic heterocycles. The number of anilines is 1. The number of hydrogen-bond donors (Lipinski definition) is 1. The molecule has 1 saturated heterocycles. The van der Waals surface area contributed by atoms with Gasteiger partial charge in [-0.25, -0.2) is 22.8 Å². The van der Waals surface area contributed by atoms with Crippen molar-refractivity contribution in [3.63, 3.8) is 0 Å². The van der Waals surface area contributed by atoms with E-state index in [4.69, 9.17) is 9.72 Å². The SMILES string of the molecule is Cc1ccc(S(=O)(=O)NC(=O)c2ccc(-n3ccc(OCCC4(C(F)(F)F)CC4)n3)nc2N2C[C@@H](C)CC2(C)C)cc1. The zero-order chi connectivity index (χ0) is 30.5. The first-order valence-corrected chi connectivity index (χ1v) is 15.3. The van der Waals surface area contributed by atoms with Crippen molar-refractivity contribution in [3.8, 4) is 11.7 Å². The molecule has 1 aromatic carbocycles. The first-order chi connectivity index (χ1) is 19.6. The highest BCUT2D eigenvalue weighted by atomic mass is 32.2. The van der Waals surface area contributed by atoms with Crippen LogP contribution in [-0.2, 0) is 10.0 Å². The smallest absolute Gasteiger partial charge is 0.394 e. The van der Waals surface area contributed by atoms with Gasteiger partial charge < -0.3 is 9.64 Å². The molecule has 1 aliphatic heterocycles. The van der Waals surface area contributed by atoms with Gasteiger partial charge in [0.15, 0.2) is 5.82 Å². The van der Waals surface area contributed by atoms with Crippen molar-refractivity contribution in [1.82, 2.24) is 19.5 Å². The molecule has 1 atom stereocenters. The summed E-state index contributed by atoms with van der Waals surface area (Å²) in [5.41, 5.74) is -1.06. The second-order valence-electron chi connectivity index (χ2n) is 12.0. The van der Waals surface area contributed by atoms with Gasteiger partial charge in [0.2, 0.25) is 5.88 Å². The highest BCUT2D eigenvalue weighted by molar-refractivity contribution is 7.90. The lowest BCUT2D eigenvalue weighted by Crippen LogP contribution is -2.41. The number of aromatic nitrogens is 3. The Bertz CT molecular complexity index is 1580. The van der Waals surface area contributed by atoms with Crippen molar-refractivity contribution in [1.29, 1.82) is 0 Å². The second-order valence-corrected chi connectivity index (χ2v) is 13.7. The van der Waals surface area contributed by atoms with Crippen LogP contribution in [-0.4, -0.2) is 54.0 Å². The summed E-state index contributed by atoms with van der Waals surface area (Å²) in [4.78, 5) is 20.1. The van der Waals surface area contributed by atoms with Crippen molar-refractivity contribution < 1.29 is 31.1 Å². The van der Waals surface area contributed by atoms with Gasteiger partial charge in [0.05, 0.1) is 22.5 Å². The molecule has 1 aliphatic carbocycles. The number of nitrogens with one attached hydrogen (secondary N) is 1. The highest BCUT2D eigenvalue weighted by Gasteiger charge is 2.62. The molecule has 2 fully saturated rings. The number of amides is 1. The Kier molecular flexibility index (Phi) is 7.53. The van der Waals surface area contributed by atoms with E-state index >= 15 is 0 Å². The fourth-order valence-corrected chi connectivity index (χ4v) is 6.52. The van der Waals surface area contributed by atoms with Gasteiger partial charge in [-0.15, -0.1) is 5.10 Å². The number of sulfonamides is 1. The van der Waals surface area contributed by atoms with Crippen molar-refractivity contribution in [3.05, 3.63) is 59.8 Å². The second kappa shape index (κ2) is 10.6. The molecule has 1 amide bonds. The third-order valence-electron chi connectivity index (χ3n) is 8.08. The predicted octanol–water partition coefficient (Wildman–Crippen LogP) is 5.43. The molecular formula is C29H34F3N5O4S. The molecule has 0 radical (unpaired) electrons. The van der Waals surface area contributed by atoms with Gasteiger partial charge in [-0.1, -0.05) is 24.6 Å². The van der Waals surface area contributed by atoms with E-state index in [1.54, 1.807) is 18.3 Å². The van der Waals surface area contributed by atoms with Crippen LogP contribution in [0.3, 0.4) is 0 Å². The van der Waals surface area contributed by atoms with Crippen LogP contribution in [0.5, 0.6) is 5.88 Å². The van der Waals surface area contributed by atoms with E-state index in [9.17, 15) is 26.4 Å². The van der Waals surface area contributed by atoms with E-state index in [1.807, 2.05) is 25.7 Å². The minimum atomic E-state index is -4.25. The van der Waals surface area contributed by atoms with E-state index in [0.29, 0.717) is 24.1 Å². The number of hydrogen-bond acceptors (Lipinski definition) is 7. The number of ether oxygens (including phenoxy) is 1. The average Bonchev–Trinajstić information content (AvgIpc) is 3.46. The first kappa shape index (κ1) is 29.9. The highest BCUT2D eigenvalue weighted by Crippen LogP contribution is 2.59. The number of benzene rings is 1. The number of rotatable bonds is 9. The molecule has 13 heteroatoms. The molecule has 42 heavy (non-hydrogen) atoms. The van der Waals surface area contributed by atoms with Gasteiger partial charge in [0, 0.05) is 24.3 Å². The monoisotopic (exact) mass is 605 g/mol. The summed E-state index contributed by atoms with van der Waals surface area (Å²) in [6, 6.07) is 10.7. The largest absolute Gasteiger partial charge is 0.477 e. The van der Waals surface area contributed by atoms with Gasteiger partial charge >= 0.3 is 6.18 Å². The summed E-state index contributed by atoms with van der Waals surface area (Å²) < 4.78 is 74.7. The van der Waals surface area contributed by atoms with Crippen LogP contribution in [0.4, 0.5) is 19.0 Å². The maximum absolute atomic E-state index is 13.4. The summed E-state index contributed by atoms with van der Waals surface area (Å²) in [7, 11) is -4.14. The maximum Gasteiger partial charge on any atom is 0.394 e. The zero-order valence-corrected chi connectivity index (χ0v) is 24.7. The average molecular weight is 606 g/mol. The van der Waals surface area contributed by atoms with Crippen LogP contribution in [0.25, 0.3) is 5.82 Å². The molecule has 226 valence electrons. The summed E-state index contributed by atoms with van der Waals surface area (Å²) in [6.07, 6.45) is -1.76. The zero-order valence-electron chi connectivity index (χ0n) is 23.9. The van der Waals surface area contributed by atoms with Gasteiger partial charge in [0.1, 0.15) is 5.82 Å². The molecule has 3 aromatic rings. The standard InChI is InChI=1S/C29H34F3N5O4S/c1-19-5-7-21(8-6-19)42(39,40)35-26(38)22-9-10-23(33-25(22)36-18-20(2)17-27(36,3)4)37-15-11-24(34-37)41-16-14-28(12-13-28)29(30,31)32/h5-11,15,20H,12-14,16-18H2,1-4H3,(H,35,38)/t20-/m0/s1. The Morgan fingerprint density at radius 1 is 1.12 bits per heavy atom. The number of pyridine rings is 1. The van der Waals surface area contributed by atoms with E-state index in [0.717, 1.165) is 12.0 Å². The third-order valence-corrected chi connectivity index (χ3v) is 9.42. The molecule has 0 bridgehead atoms. The lowest BCUT2D eigenvalue weighted by atomic mass is 9.97. The molecule has 3 heterocycles. The fraction of sp³-hybridized carbons (Fsp3) is 0.483. The molecule has 9 nitrogen and oxygen atoms in total. The maximum atomic E-state index is 13.4. The molecule has 5 rings (SSSR count). The summed E-state index contributed by atoms with van der Waals surface area (Å²) in [5, 5.41) is 4.32. The Balaban J connectivity index is 1.40. The molecule has 0 spiro atoms. The quantitative estimate of drug-likeness (QED) is 0.347. The molecule has 1 N–H and O–H groups in total. The van der Waals surface area contributed by atoms with Crippen LogP contribution in [0.2, 0.25) is 0 Å². The first-order valence-electron chi connectivity index (χ1n) is 13.8. The van der Waals surface area contributed by atoms with E-state index in [1.165, 1.54) is 35.0 Å². The minimum Gasteiger partial charge on any atom is -0.477 e. The third kappa shape index (κ3) is 5.97. The summed E-state index contributed by atoms with van der Waals surface area (Å²) in [6.45, 7) is 8.46. The van der Waals surface area contributed by atoms with Crippen molar-refractivity contribution in [2.24, 2.45) is 11.3 Å². The minimum absolute atomic E-state index is 0.0328. The number of carbonyl (C=O) groups is 1. The van der Waals surface area contributed by atoms with E-state index in [2.05, 4.69) is 16.7 Å². The normalized spacial score (nSPS) is 19.5. The fourth-order valence-electron chi connectivity index (χ4n) is 5.55. The van der Waals surface area contributed by atoms with Crippen LogP contribution >= 0.6 is 0 Å². The summed E-state index contributed by atoms with van der Waals surface area (Å²) in [5.74, 6) is 0.272. The molecular weight excluding hydrogens is 571 g/mol. The molecule has 1 saturated carbocycles. The topological polar surface area (TPSA) is 106 Å². The molecule has 0 unspecified atom stereocenters. The van der Waals surface area contributed by atoms with Crippen LogP contribution in [0.1, 0.15) is 62.4 Å². The number of alkyl halides is 3. The Morgan fingerprint density at radius 3 is 2.40 bits per heavy atom. The Hall–Kier alpha value is -3.61. The number of aryl methyl sites for hydroxylation is 1. The van der Waals surface area contributed by atoms with Crippen LogP contribution in [0, 0.1) is 18.3 Å². The molecule has 2 aliphatic rings. The van der Waals surface area contributed by atoms with Crippen molar-refractivity contribution >= 4 is 21.7 Å². The number of nitrogens with zero attached hydrogens (tertiary/aromatic N) is 4. The summed E-state index contributed by atoms with van der Waals surface area (Å²) >= 11 is 0. The number of halogens is 3. The lowest BCUT2D eigenvalue weighted by molar-refractivity contribution is -0.190. The Morgan fingerprint density at radius 2 is 1.81 bits per heavy atom. The van der Waals surface area contributed by atoms with Gasteiger partial charge in [-0.2, -0.15) is 13.2 Å². The van der Waals surface area contributed by atoms with E-state index < -0.39 is 27.5 Å². The van der Waals surface area contributed by atoms with Crippen molar-refractivity contribution in [2.75, 3.05) is 18.1 Å². The van der Waals surface area contributed by atoms with E-state index in [-0.39, 0.29) is 47.7 Å². The Labute approximate surface area is 243 Å². The predicted molar refractivity (Wildman–Crippen MR) is 150 cm³/mol. The van der Waals surface area contributed by atoms with Gasteiger partial charge in [-0.05, 0) is 76.6 Å². The lowest BCUT2D eigenvalue weighted by Gasteiger charge is -2.34. The van der Waals surface area contributed by atoms with Crippen molar-refractivity contribution in [2.45, 2.75) is 70.0 Å². The number of carbonyl (C=O) groups excluding carboxylic acids is 1.